The van der Waals surface area contributed by atoms with Gasteiger partial charge in [0.25, 0.3) is 5.54 Å². The average molecular weight is 536 g/mol. The van der Waals surface area contributed by atoms with Gasteiger partial charge in [-0.3, -0.25) is 4.79 Å². The van der Waals surface area contributed by atoms with Gasteiger partial charge in [-0.25, -0.2) is 4.99 Å². The largest absolute Gasteiger partial charge is 0.426 e. The van der Waals surface area contributed by atoms with Crippen LogP contribution in [0.25, 0.3) is 0 Å². The molecule has 0 aliphatic carbocycles. The Hall–Kier alpha value is -3.34. The molecule has 0 spiro atoms. The van der Waals surface area contributed by atoms with Gasteiger partial charge in [-0.05, 0) is 48.2 Å². The summed E-state index contributed by atoms with van der Waals surface area (Å²) in [5.74, 6) is -3.12. The quantitative estimate of drug-likeness (QED) is 0.385. The normalized spacial score (nSPS) is 18.0. The Kier molecular flexibility index (Phi) is 7.02. The number of hydrogen-bond donors (Lipinski definition) is 0. The summed E-state index contributed by atoms with van der Waals surface area (Å²) in [5.41, 5.74) is -5.11. The van der Waals surface area contributed by atoms with Crippen molar-refractivity contribution in [3.8, 4) is 6.07 Å². The van der Waals surface area contributed by atoms with Crippen molar-refractivity contribution >= 4 is 23.5 Å². The molecule has 2 aromatic carbocycles. The zero-order chi connectivity index (χ0) is 27.1. The number of carbonyl (C=O) groups excluding carboxylic acids is 1. The molecule has 36 heavy (non-hydrogen) atoms. The average Bonchev–Trinajstić information content (AvgIpc) is 3.13. The molecule has 5 nitrogen and oxygen atoms in total. The number of rotatable bonds is 5. The molecule has 0 radical (unpaired) electrons. The molecular formula is C22H16F8N4OS. The van der Waals surface area contributed by atoms with Crippen LogP contribution in [0.1, 0.15) is 11.1 Å². The lowest BCUT2D eigenvalue weighted by molar-refractivity contribution is -0.312. The Labute approximate surface area is 204 Å². The first kappa shape index (κ1) is 27.3. The van der Waals surface area contributed by atoms with Gasteiger partial charge in [-0.15, -0.1) is 0 Å². The smallest absolute Gasteiger partial charge is 0.336 e. The molecule has 1 atom stereocenters. The summed E-state index contributed by atoms with van der Waals surface area (Å²) in [7, 11) is 1.22. The van der Waals surface area contributed by atoms with Crippen molar-refractivity contribution < 1.29 is 39.9 Å². The van der Waals surface area contributed by atoms with E-state index in [2.05, 4.69) is 4.99 Å². The minimum atomic E-state index is -6.13. The standard InChI is InChI=1S/C22H16F8N4OS/c1-33-16(14-10-8-13(12-31)9-11-14)32-19(21(25,26)27,22(28,29)30)17(33)34(2)18(35)20(23,24)36-15-6-4-3-5-7-15/h3-11,17H,1-2H3. The Morgan fingerprint density at radius 1 is 1.00 bits per heavy atom. The van der Waals surface area contributed by atoms with E-state index in [0.717, 1.165) is 31.3 Å². The summed E-state index contributed by atoms with van der Waals surface area (Å²) in [6.07, 6.45) is -15.3. The fourth-order valence-electron chi connectivity index (χ4n) is 3.78. The van der Waals surface area contributed by atoms with Crippen molar-refractivity contribution in [3.63, 3.8) is 0 Å². The van der Waals surface area contributed by atoms with Crippen LogP contribution < -0.4 is 0 Å². The fourth-order valence-corrected chi connectivity index (χ4v) is 4.60. The van der Waals surface area contributed by atoms with E-state index in [9.17, 15) is 39.9 Å². The third-order valence-corrected chi connectivity index (χ3v) is 6.36. The minimum absolute atomic E-state index is 0.0688. The maximum absolute atomic E-state index is 14.8. The predicted octanol–water partition coefficient (Wildman–Crippen LogP) is 5.28. The van der Waals surface area contributed by atoms with E-state index in [0.29, 0.717) is 11.9 Å². The van der Waals surface area contributed by atoms with Crippen molar-refractivity contribution in [1.29, 1.82) is 5.26 Å². The zero-order valence-electron chi connectivity index (χ0n) is 18.4. The molecule has 0 fully saturated rings. The van der Waals surface area contributed by atoms with Crippen molar-refractivity contribution in [2.24, 2.45) is 4.99 Å². The Morgan fingerprint density at radius 3 is 2.00 bits per heavy atom. The summed E-state index contributed by atoms with van der Waals surface area (Å²) in [5, 5.41) is 4.49. The molecule has 1 heterocycles. The molecule has 0 bridgehead atoms. The zero-order valence-corrected chi connectivity index (χ0v) is 19.2. The number of alkyl halides is 8. The van der Waals surface area contributed by atoms with Crippen LogP contribution in [0.3, 0.4) is 0 Å². The lowest BCUT2D eigenvalue weighted by atomic mass is 9.93. The van der Waals surface area contributed by atoms with Gasteiger partial charge < -0.3 is 9.80 Å². The molecule has 3 rings (SSSR count). The number of likely N-dealkylation sites (N-methyl/N-ethyl adjacent to an activating group) is 2. The fraction of sp³-hybridized carbons (Fsp3) is 0.318. The summed E-state index contributed by atoms with van der Waals surface area (Å²) >= 11 is -0.315. The van der Waals surface area contributed by atoms with Crippen molar-refractivity contribution in [1.82, 2.24) is 9.80 Å². The van der Waals surface area contributed by atoms with E-state index in [-0.39, 0.29) is 32.7 Å². The van der Waals surface area contributed by atoms with Gasteiger partial charge in [-0.2, -0.15) is 40.4 Å². The molecule has 2 aromatic rings. The van der Waals surface area contributed by atoms with E-state index < -0.39 is 41.1 Å². The highest BCUT2D eigenvalue weighted by molar-refractivity contribution is 8.01. The van der Waals surface area contributed by atoms with Crippen molar-refractivity contribution in [3.05, 3.63) is 65.7 Å². The topological polar surface area (TPSA) is 59.7 Å². The van der Waals surface area contributed by atoms with Crippen LogP contribution in [0.2, 0.25) is 0 Å². The number of carbonyl (C=O) groups is 1. The van der Waals surface area contributed by atoms with Gasteiger partial charge in [0.15, 0.2) is 0 Å². The molecule has 192 valence electrons. The first-order valence-corrected chi connectivity index (χ1v) is 10.7. The van der Waals surface area contributed by atoms with Gasteiger partial charge >= 0.3 is 23.5 Å². The third-order valence-electron chi connectivity index (χ3n) is 5.42. The molecule has 0 aromatic heterocycles. The highest BCUT2D eigenvalue weighted by Gasteiger charge is 2.80. The Balaban J connectivity index is 2.12. The summed E-state index contributed by atoms with van der Waals surface area (Å²) in [6.45, 7) is 0. The Morgan fingerprint density at radius 2 is 1.53 bits per heavy atom. The van der Waals surface area contributed by atoms with Gasteiger partial charge in [0.1, 0.15) is 12.0 Å². The maximum atomic E-state index is 14.8. The van der Waals surface area contributed by atoms with Crippen LogP contribution in [0.5, 0.6) is 0 Å². The van der Waals surface area contributed by atoms with Crippen LogP contribution in [0, 0.1) is 11.3 Å². The molecular weight excluding hydrogens is 520 g/mol. The van der Waals surface area contributed by atoms with E-state index >= 15 is 0 Å². The second kappa shape index (κ2) is 9.27. The molecule has 14 heteroatoms. The number of halogens is 8. The van der Waals surface area contributed by atoms with Crippen molar-refractivity contribution in [2.75, 3.05) is 14.1 Å². The monoisotopic (exact) mass is 536 g/mol. The lowest BCUT2D eigenvalue weighted by Crippen LogP contribution is -2.69. The number of nitrogens with zero attached hydrogens (tertiary/aromatic N) is 4. The lowest BCUT2D eigenvalue weighted by Gasteiger charge is -2.43. The predicted molar refractivity (Wildman–Crippen MR) is 114 cm³/mol. The van der Waals surface area contributed by atoms with E-state index in [1.165, 1.54) is 30.3 Å². The van der Waals surface area contributed by atoms with E-state index in [1.807, 2.05) is 0 Å². The first-order chi connectivity index (χ1) is 16.6. The number of benzene rings is 2. The van der Waals surface area contributed by atoms with Crippen LogP contribution >= 0.6 is 11.8 Å². The van der Waals surface area contributed by atoms with Gasteiger partial charge in [0.05, 0.1) is 11.6 Å². The van der Waals surface area contributed by atoms with Gasteiger partial charge in [0, 0.05) is 24.6 Å². The van der Waals surface area contributed by atoms with Crippen LogP contribution in [0.4, 0.5) is 35.1 Å². The highest BCUT2D eigenvalue weighted by atomic mass is 32.2. The molecule has 1 unspecified atom stereocenters. The summed E-state index contributed by atoms with van der Waals surface area (Å²) in [4.78, 5) is 15.6. The van der Waals surface area contributed by atoms with Crippen LogP contribution in [-0.2, 0) is 4.79 Å². The molecule has 0 saturated heterocycles. The van der Waals surface area contributed by atoms with Crippen LogP contribution in [0.15, 0.2) is 64.5 Å². The maximum Gasteiger partial charge on any atom is 0.426 e. The van der Waals surface area contributed by atoms with Crippen LogP contribution in [-0.4, -0.2) is 64.9 Å². The molecule has 1 aliphatic heterocycles. The van der Waals surface area contributed by atoms with Gasteiger partial charge in [-0.1, -0.05) is 18.2 Å². The number of amides is 1. The number of hydrogen-bond acceptors (Lipinski definition) is 5. The highest BCUT2D eigenvalue weighted by Crippen LogP contribution is 2.53. The summed E-state index contributed by atoms with van der Waals surface area (Å²) < 4.78 is 115. The van der Waals surface area contributed by atoms with Gasteiger partial charge in [0.2, 0.25) is 0 Å². The van der Waals surface area contributed by atoms with E-state index in [1.54, 1.807) is 6.07 Å². The molecule has 0 N–H and O–H groups in total. The second-order valence-electron chi connectivity index (χ2n) is 7.72. The SMILES string of the molecule is CN(C(=O)C(F)(F)Sc1ccccc1)C1N(C)C(c2ccc(C#N)cc2)=NC1(C(F)(F)F)C(F)(F)F. The van der Waals surface area contributed by atoms with E-state index in [4.69, 9.17) is 5.26 Å². The molecule has 1 amide bonds. The molecule has 1 aliphatic rings. The second-order valence-corrected chi connectivity index (χ2v) is 8.91. The first-order valence-electron chi connectivity index (χ1n) is 9.92. The number of nitriles is 1. The molecule has 0 saturated carbocycles. The summed E-state index contributed by atoms with van der Waals surface area (Å²) in [6, 6.07) is 12.8. The van der Waals surface area contributed by atoms with Crippen molar-refractivity contribution in [2.45, 2.75) is 34.2 Å². The number of thioether (sulfide) groups is 1. The number of aliphatic imine (C=N–C) groups is 1. The Bertz CT molecular complexity index is 1180. The minimum Gasteiger partial charge on any atom is -0.336 e. The number of amidine groups is 1. The third kappa shape index (κ3) is 4.59.